The Morgan fingerprint density at radius 2 is 2.09 bits per heavy atom. The molecule has 2 aromatic carbocycles. The molecule has 0 saturated heterocycles. The molecule has 0 unspecified atom stereocenters. The summed E-state index contributed by atoms with van der Waals surface area (Å²) in [4.78, 5) is 14.5. The molecule has 4 heteroatoms. The number of fused-ring (bicyclic) bond motifs is 1. The maximum absolute atomic E-state index is 12.4. The zero-order valence-electron chi connectivity index (χ0n) is 13.0. The van der Waals surface area contributed by atoms with Gasteiger partial charge in [0.1, 0.15) is 0 Å². The van der Waals surface area contributed by atoms with Crippen LogP contribution < -0.4 is 10.6 Å². The summed E-state index contributed by atoms with van der Waals surface area (Å²) in [5, 5.41) is 6.29. The Bertz CT molecular complexity index is 694. The first kappa shape index (κ1) is 14.6. The van der Waals surface area contributed by atoms with Crippen molar-refractivity contribution in [1.82, 2.24) is 4.90 Å². The van der Waals surface area contributed by atoms with Crippen LogP contribution in [0.2, 0.25) is 0 Å². The lowest BCUT2D eigenvalue weighted by Crippen LogP contribution is -2.13. The molecule has 114 valence electrons. The van der Waals surface area contributed by atoms with Crippen LogP contribution in [0, 0.1) is 0 Å². The van der Waals surface area contributed by atoms with Gasteiger partial charge in [0.05, 0.1) is 0 Å². The first-order valence-corrected chi connectivity index (χ1v) is 7.53. The number of amides is 1. The van der Waals surface area contributed by atoms with Crippen molar-refractivity contribution in [3.05, 3.63) is 59.2 Å². The van der Waals surface area contributed by atoms with E-state index < -0.39 is 0 Å². The van der Waals surface area contributed by atoms with Crippen LogP contribution in [0.3, 0.4) is 0 Å². The number of carbonyl (C=O) groups excluding carboxylic acids is 1. The summed E-state index contributed by atoms with van der Waals surface area (Å²) in [5.41, 5.74) is 5.09. The first-order valence-electron chi connectivity index (χ1n) is 7.53. The second-order valence-electron chi connectivity index (χ2n) is 5.94. The van der Waals surface area contributed by atoms with Crippen molar-refractivity contribution in [2.75, 3.05) is 31.3 Å². The normalized spacial score (nSPS) is 12.9. The number of nitrogens with one attached hydrogen (secondary N) is 2. The van der Waals surface area contributed by atoms with E-state index in [4.69, 9.17) is 0 Å². The van der Waals surface area contributed by atoms with E-state index >= 15 is 0 Å². The molecule has 3 rings (SSSR count). The minimum absolute atomic E-state index is 0.0586. The van der Waals surface area contributed by atoms with Gasteiger partial charge in [-0.25, -0.2) is 0 Å². The molecule has 0 aliphatic carbocycles. The van der Waals surface area contributed by atoms with Crippen LogP contribution in [0.4, 0.5) is 11.4 Å². The molecule has 1 aliphatic rings. The summed E-state index contributed by atoms with van der Waals surface area (Å²) in [6.07, 6.45) is 0.981. The van der Waals surface area contributed by atoms with Gasteiger partial charge in [-0.15, -0.1) is 0 Å². The largest absolute Gasteiger partial charge is 0.384 e. The van der Waals surface area contributed by atoms with Gasteiger partial charge < -0.3 is 15.5 Å². The Labute approximate surface area is 131 Å². The van der Waals surface area contributed by atoms with Gasteiger partial charge in [0.15, 0.2) is 0 Å². The first-order chi connectivity index (χ1) is 10.6. The average molecular weight is 295 g/mol. The van der Waals surface area contributed by atoms with Crippen molar-refractivity contribution in [3.8, 4) is 0 Å². The summed E-state index contributed by atoms with van der Waals surface area (Å²) in [6, 6.07) is 13.8. The van der Waals surface area contributed by atoms with Crippen molar-refractivity contribution in [3.63, 3.8) is 0 Å². The van der Waals surface area contributed by atoms with E-state index in [9.17, 15) is 4.79 Å². The lowest BCUT2D eigenvalue weighted by Gasteiger charge is -2.12. The van der Waals surface area contributed by atoms with Gasteiger partial charge in [-0.1, -0.05) is 12.1 Å². The van der Waals surface area contributed by atoms with Crippen LogP contribution in [0.1, 0.15) is 21.5 Å². The Balaban J connectivity index is 1.74. The highest BCUT2D eigenvalue weighted by atomic mass is 16.1. The lowest BCUT2D eigenvalue weighted by molar-refractivity contribution is 0.102. The minimum Gasteiger partial charge on any atom is -0.384 e. The Morgan fingerprint density at radius 1 is 1.23 bits per heavy atom. The molecule has 4 nitrogen and oxygen atoms in total. The monoisotopic (exact) mass is 295 g/mol. The number of rotatable bonds is 4. The molecule has 0 atom stereocenters. The van der Waals surface area contributed by atoms with Gasteiger partial charge in [-0.2, -0.15) is 0 Å². The summed E-state index contributed by atoms with van der Waals surface area (Å²) in [7, 11) is 4.06. The fourth-order valence-corrected chi connectivity index (χ4v) is 2.76. The van der Waals surface area contributed by atoms with E-state index in [1.54, 1.807) is 0 Å². The number of carbonyl (C=O) groups is 1. The number of benzene rings is 2. The van der Waals surface area contributed by atoms with Crippen LogP contribution >= 0.6 is 0 Å². The fourth-order valence-electron chi connectivity index (χ4n) is 2.76. The van der Waals surface area contributed by atoms with Crippen LogP contribution in [0.5, 0.6) is 0 Å². The molecule has 0 fully saturated rings. The standard InChI is InChI=1S/C18H21N3O/c1-21(2)12-13-4-3-5-16(10-13)20-18(22)15-6-7-17-14(11-15)8-9-19-17/h3-7,10-11,19H,8-9,12H2,1-2H3,(H,20,22). The summed E-state index contributed by atoms with van der Waals surface area (Å²) < 4.78 is 0. The molecule has 22 heavy (non-hydrogen) atoms. The van der Waals surface area contributed by atoms with Gasteiger partial charge in [0.25, 0.3) is 5.91 Å². The third kappa shape index (κ3) is 3.28. The van der Waals surface area contributed by atoms with E-state index in [1.165, 1.54) is 11.1 Å². The van der Waals surface area contributed by atoms with E-state index in [-0.39, 0.29) is 5.91 Å². The van der Waals surface area contributed by atoms with Gasteiger partial charge in [-0.05, 0) is 62.0 Å². The highest BCUT2D eigenvalue weighted by Gasteiger charge is 2.13. The van der Waals surface area contributed by atoms with Crippen molar-refractivity contribution in [2.45, 2.75) is 13.0 Å². The highest BCUT2D eigenvalue weighted by Crippen LogP contribution is 2.23. The van der Waals surface area contributed by atoms with Crippen molar-refractivity contribution in [2.24, 2.45) is 0 Å². The summed E-state index contributed by atoms with van der Waals surface area (Å²) in [5.74, 6) is -0.0586. The Hall–Kier alpha value is -2.33. The molecule has 0 radical (unpaired) electrons. The van der Waals surface area contributed by atoms with E-state index in [0.29, 0.717) is 5.56 Å². The van der Waals surface area contributed by atoms with Crippen molar-refractivity contribution in [1.29, 1.82) is 0 Å². The van der Waals surface area contributed by atoms with Crippen LogP contribution in [-0.2, 0) is 13.0 Å². The SMILES string of the molecule is CN(C)Cc1cccc(NC(=O)c2ccc3c(c2)CCN3)c1. The highest BCUT2D eigenvalue weighted by molar-refractivity contribution is 6.04. The predicted molar refractivity (Wildman–Crippen MR) is 90.4 cm³/mol. The molecular formula is C18H21N3O. The molecule has 1 amide bonds. The van der Waals surface area contributed by atoms with Crippen molar-refractivity contribution < 1.29 is 4.79 Å². The quantitative estimate of drug-likeness (QED) is 0.911. The van der Waals surface area contributed by atoms with E-state index in [2.05, 4.69) is 21.6 Å². The number of hydrogen-bond donors (Lipinski definition) is 2. The zero-order chi connectivity index (χ0) is 15.5. The number of nitrogens with zero attached hydrogens (tertiary/aromatic N) is 1. The van der Waals surface area contributed by atoms with Crippen LogP contribution in [0.15, 0.2) is 42.5 Å². The molecule has 0 bridgehead atoms. The van der Waals surface area contributed by atoms with Gasteiger partial charge in [0.2, 0.25) is 0 Å². The molecule has 2 aromatic rings. The fraction of sp³-hybridized carbons (Fsp3) is 0.278. The zero-order valence-corrected chi connectivity index (χ0v) is 13.0. The number of anilines is 2. The molecule has 0 spiro atoms. The van der Waals surface area contributed by atoms with E-state index in [0.717, 1.165) is 30.9 Å². The predicted octanol–water partition coefficient (Wildman–Crippen LogP) is 2.97. The molecule has 1 aliphatic heterocycles. The molecule has 0 saturated carbocycles. The molecule has 0 aromatic heterocycles. The van der Waals surface area contributed by atoms with E-state index in [1.807, 2.05) is 50.5 Å². The maximum Gasteiger partial charge on any atom is 0.255 e. The Morgan fingerprint density at radius 3 is 2.91 bits per heavy atom. The second kappa shape index (κ2) is 6.20. The number of hydrogen-bond acceptors (Lipinski definition) is 3. The van der Waals surface area contributed by atoms with Gasteiger partial charge in [0, 0.05) is 30.0 Å². The molecule has 1 heterocycles. The molecule has 2 N–H and O–H groups in total. The van der Waals surface area contributed by atoms with Crippen molar-refractivity contribution >= 4 is 17.3 Å². The maximum atomic E-state index is 12.4. The van der Waals surface area contributed by atoms with Crippen LogP contribution in [-0.4, -0.2) is 31.4 Å². The third-order valence-corrected chi connectivity index (χ3v) is 3.76. The van der Waals surface area contributed by atoms with Gasteiger partial charge in [-0.3, -0.25) is 4.79 Å². The lowest BCUT2D eigenvalue weighted by atomic mass is 10.1. The third-order valence-electron chi connectivity index (χ3n) is 3.76. The second-order valence-corrected chi connectivity index (χ2v) is 5.94. The van der Waals surface area contributed by atoms with Gasteiger partial charge >= 0.3 is 0 Å². The van der Waals surface area contributed by atoms with Crippen LogP contribution in [0.25, 0.3) is 0 Å². The topological polar surface area (TPSA) is 44.4 Å². The average Bonchev–Trinajstić information content (AvgIpc) is 2.94. The smallest absolute Gasteiger partial charge is 0.255 e. The summed E-state index contributed by atoms with van der Waals surface area (Å²) >= 11 is 0. The summed E-state index contributed by atoms with van der Waals surface area (Å²) in [6.45, 7) is 1.81. The molecular weight excluding hydrogens is 274 g/mol. The Kier molecular flexibility index (Phi) is 4.11. The minimum atomic E-state index is -0.0586.